The fourth-order valence-corrected chi connectivity index (χ4v) is 2.81. The molecule has 1 N–H and O–H groups in total. The van der Waals surface area contributed by atoms with Crippen molar-refractivity contribution in [3.63, 3.8) is 0 Å². The summed E-state index contributed by atoms with van der Waals surface area (Å²) in [6.07, 6.45) is 0.890. The molecule has 0 radical (unpaired) electrons. The molecule has 0 spiro atoms. The number of carbonyl (C=O) groups excluding carboxylic acids is 2. The molecule has 4 nitrogen and oxygen atoms in total. The van der Waals surface area contributed by atoms with Gasteiger partial charge in [0.15, 0.2) is 0 Å². The fourth-order valence-electron chi connectivity index (χ4n) is 2.59. The zero-order chi connectivity index (χ0) is 17.3. The molecule has 0 saturated carbocycles. The number of hydrogen-bond acceptors (Lipinski definition) is 3. The maximum absolute atomic E-state index is 12.7. The van der Waals surface area contributed by atoms with E-state index in [2.05, 4.69) is 5.32 Å². The summed E-state index contributed by atoms with van der Waals surface area (Å²) in [6, 6.07) is 14.8. The third-order valence-electron chi connectivity index (χ3n) is 3.92. The molecule has 122 valence electrons. The van der Waals surface area contributed by atoms with Gasteiger partial charge < -0.3 is 5.32 Å². The number of nitrogens with one attached hydrogen (secondary N) is 1. The minimum absolute atomic E-state index is 0.0962. The molecule has 0 aromatic heterocycles. The van der Waals surface area contributed by atoms with Crippen molar-refractivity contribution in [3.05, 3.63) is 70.4 Å². The first-order chi connectivity index (χ1) is 11.5. The van der Waals surface area contributed by atoms with E-state index in [1.807, 2.05) is 50.2 Å². The van der Waals surface area contributed by atoms with Crippen LogP contribution in [0.5, 0.6) is 0 Å². The van der Waals surface area contributed by atoms with Crippen LogP contribution in [0.15, 0.2) is 59.3 Å². The second kappa shape index (κ2) is 6.49. The maximum atomic E-state index is 12.7. The summed E-state index contributed by atoms with van der Waals surface area (Å²) in [5, 5.41) is 2.87. The van der Waals surface area contributed by atoms with Crippen LogP contribution in [0.2, 0.25) is 0 Å². The Labute approximate surface area is 145 Å². The predicted molar refractivity (Wildman–Crippen MR) is 96.0 cm³/mol. The molecule has 1 heterocycles. The third kappa shape index (κ3) is 2.93. The largest absolute Gasteiger partial charge is 0.350 e. The number of carbonyl (C=O) groups is 2. The third-order valence-corrected chi connectivity index (χ3v) is 4.27. The summed E-state index contributed by atoms with van der Waals surface area (Å²) in [5.41, 5.74) is 3.51. The van der Waals surface area contributed by atoms with Crippen LogP contribution in [-0.2, 0) is 16.0 Å². The Morgan fingerprint density at radius 1 is 1.04 bits per heavy atom. The van der Waals surface area contributed by atoms with Crippen molar-refractivity contribution >= 4 is 34.8 Å². The van der Waals surface area contributed by atoms with Crippen molar-refractivity contribution < 1.29 is 9.59 Å². The van der Waals surface area contributed by atoms with Crippen molar-refractivity contribution in [2.45, 2.75) is 20.3 Å². The lowest BCUT2D eigenvalue weighted by Gasteiger charge is -2.15. The van der Waals surface area contributed by atoms with Crippen molar-refractivity contribution in [2.75, 3.05) is 10.2 Å². The molecule has 0 saturated heterocycles. The van der Waals surface area contributed by atoms with E-state index < -0.39 is 11.8 Å². The predicted octanol–water partition coefficient (Wildman–Crippen LogP) is 3.99. The van der Waals surface area contributed by atoms with Crippen LogP contribution in [-0.4, -0.2) is 11.8 Å². The molecule has 1 aliphatic rings. The average molecular weight is 341 g/mol. The Bertz CT molecular complexity index is 841. The highest BCUT2D eigenvalue weighted by Gasteiger charge is 2.38. The Balaban J connectivity index is 1.89. The Kier molecular flexibility index (Phi) is 4.40. The number of halogens is 1. The van der Waals surface area contributed by atoms with E-state index in [0.717, 1.165) is 22.4 Å². The van der Waals surface area contributed by atoms with Crippen LogP contribution in [0.3, 0.4) is 0 Å². The lowest BCUT2D eigenvalue weighted by atomic mass is 10.1. The molecule has 0 unspecified atom stereocenters. The van der Waals surface area contributed by atoms with Crippen molar-refractivity contribution in [3.8, 4) is 0 Å². The van der Waals surface area contributed by atoms with Gasteiger partial charge in [-0.1, -0.05) is 42.8 Å². The molecule has 5 heteroatoms. The van der Waals surface area contributed by atoms with E-state index in [0.29, 0.717) is 11.4 Å². The fraction of sp³-hybridized carbons (Fsp3) is 0.158. The molecule has 0 fully saturated rings. The molecule has 3 rings (SSSR count). The van der Waals surface area contributed by atoms with Gasteiger partial charge in [-0.15, -0.1) is 0 Å². The van der Waals surface area contributed by atoms with Gasteiger partial charge in [0, 0.05) is 5.69 Å². The number of anilines is 2. The van der Waals surface area contributed by atoms with Gasteiger partial charge in [0.05, 0.1) is 5.69 Å². The molecule has 2 aromatic carbocycles. The molecule has 0 bridgehead atoms. The van der Waals surface area contributed by atoms with Gasteiger partial charge in [-0.2, -0.15) is 0 Å². The molecule has 0 aliphatic carbocycles. The summed E-state index contributed by atoms with van der Waals surface area (Å²) in [5.74, 6) is -0.961. The van der Waals surface area contributed by atoms with Gasteiger partial charge >= 0.3 is 0 Å². The molecule has 24 heavy (non-hydrogen) atoms. The quantitative estimate of drug-likeness (QED) is 0.856. The van der Waals surface area contributed by atoms with Crippen LogP contribution in [0.25, 0.3) is 0 Å². The van der Waals surface area contributed by atoms with Crippen LogP contribution in [0.4, 0.5) is 11.4 Å². The van der Waals surface area contributed by atoms with Crippen LogP contribution < -0.4 is 10.2 Å². The number of benzene rings is 2. The minimum atomic E-state index is -0.513. The standard InChI is InChI=1S/C19H17ClN2O2/c1-3-13-7-9-15(10-8-13)22-18(23)16(20)17(19(22)24)21-14-6-4-5-12(2)11-14/h4-11,21H,3H2,1-2H3. The highest BCUT2D eigenvalue weighted by Crippen LogP contribution is 2.30. The molecule has 1 aliphatic heterocycles. The summed E-state index contributed by atoms with van der Waals surface area (Å²) in [6.45, 7) is 3.99. The Morgan fingerprint density at radius 3 is 2.38 bits per heavy atom. The second-order valence-corrected chi connectivity index (χ2v) is 6.03. The smallest absolute Gasteiger partial charge is 0.283 e. The average Bonchev–Trinajstić information content (AvgIpc) is 2.79. The number of nitrogens with zero attached hydrogens (tertiary/aromatic N) is 1. The molecule has 2 amide bonds. The van der Waals surface area contributed by atoms with Gasteiger partial charge in [0.25, 0.3) is 11.8 Å². The normalized spacial score (nSPS) is 14.5. The molecule has 2 aromatic rings. The maximum Gasteiger partial charge on any atom is 0.283 e. The van der Waals surface area contributed by atoms with E-state index in [1.165, 1.54) is 0 Å². The lowest BCUT2D eigenvalue weighted by Crippen LogP contribution is -2.32. The monoisotopic (exact) mass is 340 g/mol. The van der Waals surface area contributed by atoms with Gasteiger partial charge in [0.2, 0.25) is 0 Å². The Morgan fingerprint density at radius 2 is 1.75 bits per heavy atom. The van der Waals surface area contributed by atoms with E-state index in [9.17, 15) is 9.59 Å². The molecule has 0 atom stereocenters. The number of aryl methyl sites for hydroxylation is 2. The van der Waals surface area contributed by atoms with Gasteiger partial charge in [-0.25, -0.2) is 4.90 Å². The summed E-state index contributed by atoms with van der Waals surface area (Å²) in [7, 11) is 0. The SMILES string of the molecule is CCc1ccc(N2C(=O)C(Cl)=C(Nc3cccc(C)c3)C2=O)cc1. The molecular weight excluding hydrogens is 324 g/mol. The summed E-state index contributed by atoms with van der Waals surface area (Å²) in [4.78, 5) is 26.2. The minimum Gasteiger partial charge on any atom is -0.350 e. The van der Waals surface area contributed by atoms with Gasteiger partial charge in [-0.05, 0) is 48.7 Å². The zero-order valence-corrected chi connectivity index (χ0v) is 14.2. The zero-order valence-electron chi connectivity index (χ0n) is 13.5. The van der Waals surface area contributed by atoms with E-state index in [4.69, 9.17) is 11.6 Å². The topological polar surface area (TPSA) is 49.4 Å². The van der Waals surface area contributed by atoms with Crippen molar-refractivity contribution in [1.82, 2.24) is 0 Å². The highest BCUT2D eigenvalue weighted by molar-refractivity contribution is 6.53. The van der Waals surface area contributed by atoms with Crippen LogP contribution >= 0.6 is 11.6 Å². The number of imide groups is 1. The second-order valence-electron chi connectivity index (χ2n) is 5.65. The van der Waals surface area contributed by atoms with E-state index >= 15 is 0 Å². The number of rotatable bonds is 4. The summed E-state index contributed by atoms with van der Waals surface area (Å²) >= 11 is 6.12. The molecular formula is C19H17ClN2O2. The highest BCUT2D eigenvalue weighted by atomic mass is 35.5. The Hall–Kier alpha value is -2.59. The first-order valence-corrected chi connectivity index (χ1v) is 8.10. The first-order valence-electron chi connectivity index (χ1n) is 7.72. The van der Waals surface area contributed by atoms with Crippen molar-refractivity contribution in [2.24, 2.45) is 0 Å². The number of hydrogen-bond donors (Lipinski definition) is 1. The van der Waals surface area contributed by atoms with E-state index in [1.54, 1.807) is 12.1 Å². The van der Waals surface area contributed by atoms with Crippen LogP contribution in [0.1, 0.15) is 18.1 Å². The lowest BCUT2D eigenvalue weighted by molar-refractivity contribution is -0.120. The number of amides is 2. The van der Waals surface area contributed by atoms with Crippen molar-refractivity contribution in [1.29, 1.82) is 0 Å². The van der Waals surface area contributed by atoms with E-state index in [-0.39, 0.29) is 10.7 Å². The first kappa shape index (κ1) is 16.3. The van der Waals surface area contributed by atoms with Crippen LogP contribution in [0, 0.1) is 6.92 Å². The van der Waals surface area contributed by atoms with Gasteiger partial charge in [0.1, 0.15) is 10.7 Å². The summed E-state index contributed by atoms with van der Waals surface area (Å²) < 4.78 is 0. The van der Waals surface area contributed by atoms with Gasteiger partial charge in [-0.3, -0.25) is 9.59 Å².